The van der Waals surface area contributed by atoms with Crippen molar-refractivity contribution in [3.63, 3.8) is 0 Å². The summed E-state index contributed by atoms with van der Waals surface area (Å²) in [6, 6.07) is 10.1. The largest absolute Gasteiger partial charge is 0.345 e. The highest BCUT2D eigenvalue weighted by Gasteiger charge is 2.24. The highest BCUT2D eigenvalue weighted by molar-refractivity contribution is 7.99. The Labute approximate surface area is 125 Å². The van der Waals surface area contributed by atoms with Crippen LogP contribution in [-0.4, -0.2) is 11.7 Å². The van der Waals surface area contributed by atoms with E-state index < -0.39 is 11.7 Å². The van der Waals surface area contributed by atoms with Crippen LogP contribution < -0.4 is 5.32 Å². The average Bonchev–Trinajstić information content (AvgIpc) is 2.48. The van der Waals surface area contributed by atoms with Gasteiger partial charge >= 0.3 is 0 Å². The normalized spacial score (nSPS) is 17.1. The zero-order chi connectivity index (χ0) is 14.8. The van der Waals surface area contributed by atoms with E-state index in [2.05, 4.69) is 5.32 Å². The fourth-order valence-corrected chi connectivity index (χ4v) is 3.50. The number of amides is 1. The van der Waals surface area contributed by atoms with Crippen LogP contribution in [0.4, 0.5) is 8.78 Å². The molecule has 0 spiro atoms. The molecule has 21 heavy (non-hydrogen) atoms. The number of carbonyl (C=O) groups is 1. The first kappa shape index (κ1) is 14.1. The second-order valence-corrected chi connectivity index (χ2v) is 5.96. The van der Waals surface area contributed by atoms with E-state index >= 15 is 0 Å². The quantitative estimate of drug-likeness (QED) is 0.911. The lowest BCUT2D eigenvalue weighted by molar-refractivity contribution is 0.0931. The fourth-order valence-electron chi connectivity index (χ4n) is 2.40. The maximum atomic E-state index is 13.6. The topological polar surface area (TPSA) is 29.1 Å². The van der Waals surface area contributed by atoms with Crippen LogP contribution in [0.2, 0.25) is 0 Å². The van der Waals surface area contributed by atoms with Gasteiger partial charge in [-0.1, -0.05) is 12.1 Å². The molecule has 108 valence electrons. The van der Waals surface area contributed by atoms with Crippen LogP contribution in [0.5, 0.6) is 0 Å². The third kappa shape index (κ3) is 2.93. The van der Waals surface area contributed by atoms with Crippen LogP contribution >= 0.6 is 11.8 Å². The van der Waals surface area contributed by atoms with E-state index in [0.717, 1.165) is 16.2 Å². The van der Waals surface area contributed by atoms with E-state index in [1.54, 1.807) is 23.9 Å². The molecule has 0 aromatic heterocycles. The summed E-state index contributed by atoms with van der Waals surface area (Å²) < 4.78 is 27.0. The first-order chi connectivity index (χ1) is 10.1. The van der Waals surface area contributed by atoms with Crippen molar-refractivity contribution in [1.29, 1.82) is 0 Å². The summed E-state index contributed by atoms with van der Waals surface area (Å²) in [6.07, 6.45) is 0.696. The summed E-state index contributed by atoms with van der Waals surface area (Å²) >= 11 is 1.64. The van der Waals surface area contributed by atoms with Crippen LogP contribution in [-0.2, 0) is 0 Å². The molecule has 5 heteroatoms. The van der Waals surface area contributed by atoms with E-state index in [-0.39, 0.29) is 17.4 Å². The standard InChI is InChI=1S/C16H13F2NOS/c17-10-5-6-15-12(9-10)14(7-8-21-15)19-16(20)11-3-1-2-4-13(11)18/h1-6,9,14H,7-8H2,(H,19,20)/t14-/m0/s1. The van der Waals surface area contributed by atoms with Crippen LogP contribution in [0.1, 0.15) is 28.4 Å². The first-order valence-electron chi connectivity index (χ1n) is 6.63. The summed E-state index contributed by atoms with van der Waals surface area (Å²) in [5.41, 5.74) is 0.768. The second-order valence-electron chi connectivity index (χ2n) is 4.83. The van der Waals surface area contributed by atoms with Gasteiger partial charge in [-0.25, -0.2) is 8.78 Å². The van der Waals surface area contributed by atoms with Crippen LogP contribution in [0, 0.1) is 11.6 Å². The lowest BCUT2D eigenvalue weighted by atomic mass is 10.0. The Morgan fingerprint density at radius 2 is 2.00 bits per heavy atom. The monoisotopic (exact) mass is 305 g/mol. The van der Waals surface area contributed by atoms with Crippen molar-refractivity contribution in [3.8, 4) is 0 Å². The van der Waals surface area contributed by atoms with Gasteiger partial charge in [-0.05, 0) is 42.3 Å². The molecule has 1 atom stereocenters. The van der Waals surface area contributed by atoms with Gasteiger partial charge in [0.2, 0.25) is 0 Å². The molecular formula is C16H13F2NOS. The van der Waals surface area contributed by atoms with Gasteiger partial charge in [-0.2, -0.15) is 0 Å². The summed E-state index contributed by atoms with van der Waals surface area (Å²) in [5, 5.41) is 2.80. The maximum absolute atomic E-state index is 13.6. The summed E-state index contributed by atoms with van der Waals surface area (Å²) in [6.45, 7) is 0. The first-order valence-corrected chi connectivity index (χ1v) is 7.61. The summed E-state index contributed by atoms with van der Waals surface area (Å²) in [7, 11) is 0. The minimum atomic E-state index is -0.556. The number of hydrogen-bond acceptors (Lipinski definition) is 2. The molecule has 0 saturated carbocycles. The second kappa shape index (κ2) is 5.85. The lowest BCUT2D eigenvalue weighted by Gasteiger charge is -2.26. The minimum absolute atomic E-state index is 0.00804. The van der Waals surface area contributed by atoms with Gasteiger partial charge < -0.3 is 5.32 Å². The number of thioether (sulfide) groups is 1. The van der Waals surface area contributed by atoms with E-state index in [9.17, 15) is 13.6 Å². The van der Waals surface area contributed by atoms with Crippen LogP contribution in [0.25, 0.3) is 0 Å². The van der Waals surface area contributed by atoms with Gasteiger partial charge in [0, 0.05) is 10.6 Å². The van der Waals surface area contributed by atoms with Crippen LogP contribution in [0.15, 0.2) is 47.4 Å². The lowest BCUT2D eigenvalue weighted by Crippen LogP contribution is -2.31. The molecule has 0 fully saturated rings. The zero-order valence-electron chi connectivity index (χ0n) is 11.1. The number of rotatable bonds is 2. The molecule has 2 aromatic carbocycles. The number of halogens is 2. The highest BCUT2D eigenvalue weighted by atomic mass is 32.2. The van der Waals surface area contributed by atoms with E-state index in [1.165, 1.54) is 30.3 Å². The predicted molar refractivity (Wildman–Crippen MR) is 78.3 cm³/mol. The molecular weight excluding hydrogens is 292 g/mol. The molecule has 2 nitrogen and oxygen atoms in total. The number of benzene rings is 2. The molecule has 3 rings (SSSR count). The third-order valence-electron chi connectivity index (χ3n) is 3.44. The number of fused-ring (bicyclic) bond motifs is 1. The van der Waals surface area contributed by atoms with Gasteiger partial charge in [0.05, 0.1) is 11.6 Å². The fraction of sp³-hybridized carbons (Fsp3) is 0.188. The zero-order valence-corrected chi connectivity index (χ0v) is 11.9. The van der Waals surface area contributed by atoms with E-state index in [0.29, 0.717) is 6.42 Å². The van der Waals surface area contributed by atoms with Gasteiger partial charge in [-0.15, -0.1) is 11.8 Å². The molecule has 1 heterocycles. The Balaban J connectivity index is 1.85. The smallest absolute Gasteiger partial charge is 0.254 e. The molecule has 0 saturated heterocycles. The average molecular weight is 305 g/mol. The Morgan fingerprint density at radius 3 is 2.81 bits per heavy atom. The van der Waals surface area contributed by atoms with E-state index in [4.69, 9.17) is 0 Å². The number of hydrogen-bond donors (Lipinski definition) is 1. The molecule has 0 unspecified atom stereocenters. The summed E-state index contributed by atoms with van der Waals surface area (Å²) in [4.78, 5) is 13.1. The Morgan fingerprint density at radius 1 is 1.19 bits per heavy atom. The van der Waals surface area contributed by atoms with Crippen molar-refractivity contribution in [2.45, 2.75) is 17.4 Å². The molecule has 2 aromatic rings. The Bertz CT molecular complexity index is 690. The Hall–Kier alpha value is -1.88. The molecule has 0 bridgehead atoms. The van der Waals surface area contributed by atoms with E-state index in [1.807, 2.05) is 0 Å². The number of nitrogens with one attached hydrogen (secondary N) is 1. The van der Waals surface area contributed by atoms with Crippen LogP contribution in [0.3, 0.4) is 0 Å². The minimum Gasteiger partial charge on any atom is -0.345 e. The predicted octanol–water partition coefficient (Wildman–Crippen LogP) is 3.93. The van der Waals surface area contributed by atoms with Gasteiger partial charge in [0.25, 0.3) is 5.91 Å². The molecule has 1 amide bonds. The molecule has 1 N–H and O–H groups in total. The van der Waals surface area contributed by atoms with Crippen molar-refractivity contribution in [2.24, 2.45) is 0 Å². The number of carbonyl (C=O) groups excluding carboxylic acids is 1. The van der Waals surface area contributed by atoms with Crippen molar-refractivity contribution < 1.29 is 13.6 Å². The van der Waals surface area contributed by atoms with Crippen molar-refractivity contribution in [2.75, 3.05) is 5.75 Å². The van der Waals surface area contributed by atoms with Gasteiger partial charge in [0.15, 0.2) is 0 Å². The highest BCUT2D eigenvalue weighted by Crippen LogP contribution is 2.36. The van der Waals surface area contributed by atoms with Gasteiger partial charge in [0.1, 0.15) is 11.6 Å². The van der Waals surface area contributed by atoms with Crippen molar-refractivity contribution in [1.82, 2.24) is 5.32 Å². The molecule has 0 aliphatic carbocycles. The molecule has 0 radical (unpaired) electrons. The molecule has 1 aliphatic rings. The van der Waals surface area contributed by atoms with Crippen molar-refractivity contribution >= 4 is 17.7 Å². The summed E-state index contributed by atoms with van der Waals surface area (Å²) in [5.74, 6) is -0.526. The Kier molecular flexibility index (Phi) is 3.92. The molecule has 1 aliphatic heterocycles. The van der Waals surface area contributed by atoms with Crippen molar-refractivity contribution in [3.05, 3.63) is 65.2 Å². The van der Waals surface area contributed by atoms with Gasteiger partial charge in [-0.3, -0.25) is 4.79 Å². The third-order valence-corrected chi connectivity index (χ3v) is 4.56. The SMILES string of the molecule is O=C(N[C@H]1CCSc2ccc(F)cc21)c1ccccc1F. The maximum Gasteiger partial charge on any atom is 0.254 e.